The van der Waals surface area contributed by atoms with Gasteiger partial charge in [-0.2, -0.15) is 0 Å². The number of fused-ring (bicyclic) bond motifs is 3. The van der Waals surface area contributed by atoms with Gasteiger partial charge in [0.1, 0.15) is 27.0 Å². The van der Waals surface area contributed by atoms with E-state index in [1.165, 1.54) is 0 Å². The first-order valence-corrected chi connectivity index (χ1v) is 13.7. The van der Waals surface area contributed by atoms with Crippen molar-refractivity contribution in [2.24, 2.45) is 0 Å². The molecular weight excluding hydrogens is 488 g/mol. The lowest BCUT2D eigenvalue weighted by Gasteiger charge is -2.15. The van der Waals surface area contributed by atoms with Crippen molar-refractivity contribution in [1.29, 1.82) is 0 Å². The molecule has 0 radical (unpaired) electrons. The van der Waals surface area contributed by atoms with Crippen LogP contribution in [0.3, 0.4) is 0 Å². The van der Waals surface area contributed by atoms with Crippen LogP contribution in [-0.4, -0.2) is 20.2 Å². The predicted octanol–water partition coefficient (Wildman–Crippen LogP) is 9.01. The molecule has 0 aliphatic heterocycles. The van der Waals surface area contributed by atoms with Gasteiger partial charge in [0, 0.05) is 39.4 Å². The average Bonchev–Trinajstić information content (AvgIpc) is 3.44. The fraction of sp³-hybridized carbons (Fsp3) is 0.188. The van der Waals surface area contributed by atoms with Gasteiger partial charge in [0.05, 0.1) is 5.52 Å². The Kier molecular flexibility index (Phi) is 6.34. The van der Waals surface area contributed by atoms with Gasteiger partial charge in [0.25, 0.3) is 0 Å². The fourth-order valence-electron chi connectivity index (χ4n) is 4.41. The summed E-state index contributed by atoms with van der Waals surface area (Å²) < 4.78 is 6.47. The molecule has 0 N–H and O–H groups in total. The summed E-state index contributed by atoms with van der Waals surface area (Å²) >= 11 is 1.58. The van der Waals surface area contributed by atoms with Crippen LogP contribution in [0.4, 0.5) is 0 Å². The van der Waals surface area contributed by atoms with E-state index in [0.29, 0.717) is 5.92 Å². The zero-order valence-electron chi connectivity index (χ0n) is 21.8. The fourth-order valence-corrected chi connectivity index (χ4v) is 5.26. The maximum absolute atomic E-state index is 6.47. The Bertz CT molecular complexity index is 1740. The van der Waals surface area contributed by atoms with Crippen LogP contribution in [0.5, 0.6) is 11.5 Å². The van der Waals surface area contributed by atoms with Crippen LogP contribution < -0.4 is 4.74 Å². The van der Waals surface area contributed by atoms with Gasteiger partial charge in [0.2, 0.25) is 0 Å². The first-order valence-electron chi connectivity index (χ1n) is 12.9. The third kappa shape index (κ3) is 4.63. The molecule has 0 saturated heterocycles. The standard InChI is InChI=1S/C32H28N4OS/c1-19(2)26-17-13-21-12-16-25-28(18-27(20(3)4)34-30(25)29(21)33-26)37-24-14-10-23(11-15-24)32-36-35-31(38-32)22-8-6-5-7-9-22/h5-20H,1-4H3. The molecule has 0 atom stereocenters. The topological polar surface area (TPSA) is 60.8 Å². The van der Waals surface area contributed by atoms with E-state index >= 15 is 0 Å². The van der Waals surface area contributed by atoms with Crippen LogP contribution in [0.25, 0.3) is 42.9 Å². The quantitative estimate of drug-likeness (QED) is 0.207. The molecule has 0 spiro atoms. The Morgan fingerprint density at radius 2 is 1.26 bits per heavy atom. The number of aromatic nitrogens is 4. The number of hydrogen-bond acceptors (Lipinski definition) is 6. The van der Waals surface area contributed by atoms with E-state index in [0.717, 1.165) is 65.8 Å². The largest absolute Gasteiger partial charge is 0.457 e. The van der Waals surface area contributed by atoms with E-state index in [1.807, 2.05) is 54.6 Å². The molecule has 3 aromatic carbocycles. The van der Waals surface area contributed by atoms with Gasteiger partial charge in [-0.15, -0.1) is 10.2 Å². The highest BCUT2D eigenvalue weighted by atomic mass is 32.1. The van der Waals surface area contributed by atoms with Crippen LogP contribution >= 0.6 is 11.3 Å². The first kappa shape index (κ1) is 24.2. The normalized spacial score (nSPS) is 11.6. The van der Waals surface area contributed by atoms with Crippen molar-refractivity contribution in [2.45, 2.75) is 39.5 Å². The summed E-state index contributed by atoms with van der Waals surface area (Å²) in [7, 11) is 0. The number of pyridine rings is 2. The summed E-state index contributed by atoms with van der Waals surface area (Å²) in [5.74, 6) is 2.14. The molecule has 0 unspecified atom stereocenters. The highest BCUT2D eigenvalue weighted by Gasteiger charge is 2.15. The molecule has 188 valence electrons. The van der Waals surface area contributed by atoms with Crippen molar-refractivity contribution < 1.29 is 4.74 Å². The van der Waals surface area contributed by atoms with Gasteiger partial charge in [-0.25, -0.2) is 4.98 Å². The minimum absolute atomic E-state index is 0.254. The average molecular weight is 517 g/mol. The summed E-state index contributed by atoms with van der Waals surface area (Å²) in [6, 6.07) is 28.6. The molecular formula is C32H28N4OS. The Labute approximate surface area is 226 Å². The van der Waals surface area contributed by atoms with Crippen LogP contribution in [-0.2, 0) is 0 Å². The molecule has 0 bridgehead atoms. The summed E-state index contributed by atoms with van der Waals surface area (Å²) in [4.78, 5) is 10.0. The predicted molar refractivity (Wildman–Crippen MR) is 156 cm³/mol. The summed E-state index contributed by atoms with van der Waals surface area (Å²) in [5, 5.41) is 12.6. The maximum Gasteiger partial charge on any atom is 0.148 e. The van der Waals surface area contributed by atoms with Gasteiger partial charge in [0.15, 0.2) is 0 Å². The molecule has 38 heavy (non-hydrogen) atoms. The Morgan fingerprint density at radius 1 is 0.632 bits per heavy atom. The van der Waals surface area contributed by atoms with Crippen molar-refractivity contribution >= 4 is 33.1 Å². The van der Waals surface area contributed by atoms with Crippen molar-refractivity contribution in [3.8, 4) is 32.6 Å². The van der Waals surface area contributed by atoms with Crippen molar-refractivity contribution in [3.05, 3.63) is 96.3 Å². The second-order valence-corrected chi connectivity index (χ2v) is 11.0. The molecule has 6 aromatic rings. The van der Waals surface area contributed by atoms with E-state index in [1.54, 1.807) is 11.3 Å². The lowest BCUT2D eigenvalue weighted by atomic mass is 10.0. The van der Waals surface area contributed by atoms with Gasteiger partial charge in [-0.1, -0.05) is 81.5 Å². The Morgan fingerprint density at radius 3 is 1.95 bits per heavy atom. The lowest BCUT2D eigenvalue weighted by Crippen LogP contribution is -1.99. The summed E-state index contributed by atoms with van der Waals surface area (Å²) in [6.45, 7) is 8.62. The van der Waals surface area contributed by atoms with Crippen molar-refractivity contribution in [3.63, 3.8) is 0 Å². The number of nitrogens with zero attached hydrogens (tertiary/aromatic N) is 4. The highest BCUT2D eigenvalue weighted by molar-refractivity contribution is 7.17. The smallest absolute Gasteiger partial charge is 0.148 e. The maximum atomic E-state index is 6.47. The van der Waals surface area contributed by atoms with E-state index in [4.69, 9.17) is 14.7 Å². The highest BCUT2D eigenvalue weighted by Crippen LogP contribution is 2.36. The number of rotatable bonds is 6. The van der Waals surface area contributed by atoms with Crippen LogP contribution in [0, 0.1) is 0 Å². The zero-order chi connectivity index (χ0) is 26.2. The second kappa shape index (κ2) is 9.95. The van der Waals surface area contributed by atoms with Crippen LogP contribution in [0.1, 0.15) is 50.9 Å². The first-order chi connectivity index (χ1) is 18.5. The molecule has 3 heterocycles. The third-order valence-corrected chi connectivity index (χ3v) is 7.62. The molecule has 0 aliphatic carbocycles. The number of ether oxygens (including phenoxy) is 1. The second-order valence-electron chi connectivity index (χ2n) is 10.0. The summed E-state index contributed by atoms with van der Waals surface area (Å²) in [5.41, 5.74) is 5.93. The van der Waals surface area contributed by atoms with Crippen LogP contribution in [0.15, 0.2) is 84.9 Å². The van der Waals surface area contributed by atoms with Gasteiger partial charge in [-0.3, -0.25) is 4.98 Å². The zero-order valence-corrected chi connectivity index (χ0v) is 22.7. The Hall–Kier alpha value is -4.16. The van der Waals surface area contributed by atoms with Crippen LogP contribution in [0.2, 0.25) is 0 Å². The minimum atomic E-state index is 0.254. The molecule has 6 rings (SSSR count). The van der Waals surface area contributed by atoms with E-state index in [-0.39, 0.29) is 5.92 Å². The van der Waals surface area contributed by atoms with Gasteiger partial charge >= 0.3 is 0 Å². The number of benzene rings is 3. The molecule has 0 aliphatic rings. The van der Waals surface area contributed by atoms with Crippen molar-refractivity contribution in [1.82, 2.24) is 20.2 Å². The lowest BCUT2D eigenvalue weighted by molar-refractivity contribution is 0.486. The molecule has 0 amide bonds. The van der Waals surface area contributed by atoms with Gasteiger partial charge in [-0.05, 0) is 48.2 Å². The molecule has 0 fully saturated rings. The molecule has 5 nitrogen and oxygen atoms in total. The SMILES string of the molecule is CC(C)c1ccc2ccc3c(Oc4ccc(-c5nnc(-c6ccccc6)s5)cc4)cc(C(C)C)nc3c2n1. The van der Waals surface area contributed by atoms with E-state index in [2.05, 4.69) is 68.2 Å². The number of hydrogen-bond donors (Lipinski definition) is 0. The van der Waals surface area contributed by atoms with Crippen molar-refractivity contribution in [2.75, 3.05) is 0 Å². The molecule has 3 aromatic heterocycles. The minimum Gasteiger partial charge on any atom is -0.457 e. The molecule has 6 heteroatoms. The van der Waals surface area contributed by atoms with E-state index < -0.39 is 0 Å². The van der Waals surface area contributed by atoms with E-state index in [9.17, 15) is 0 Å². The third-order valence-electron chi connectivity index (χ3n) is 6.60. The monoisotopic (exact) mass is 516 g/mol. The van der Waals surface area contributed by atoms with Gasteiger partial charge < -0.3 is 4.74 Å². The summed E-state index contributed by atoms with van der Waals surface area (Å²) in [6.07, 6.45) is 0. The Balaban J connectivity index is 1.36. The molecule has 0 saturated carbocycles.